The van der Waals surface area contributed by atoms with Gasteiger partial charge in [-0.25, -0.2) is 9.59 Å². The Hall–Kier alpha value is -2.28. The van der Waals surface area contributed by atoms with Crippen molar-refractivity contribution in [3.63, 3.8) is 0 Å². The van der Waals surface area contributed by atoms with Crippen LogP contribution in [0.5, 0.6) is 0 Å². The summed E-state index contributed by atoms with van der Waals surface area (Å²) in [6.45, 7) is 7.63. The van der Waals surface area contributed by atoms with Gasteiger partial charge < -0.3 is 24.8 Å². The Morgan fingerprint density at radius 3 is 2.58 bits per heavy atom. The van der Waals surface area contributed by atoms with Crippen molar-refractivity contribution in [2.45, 2.75) is 64.5 Å². The number of hydrogen-bond donors (Lipinski definition) is 2. The standard InChI is InChI=1S/C19H28N2O5/c1-13(20-17(23)25-12-14-8-6-5-7-9-14)16-15(22)10-11-21(16)18(24)26-19(2,3)4/h5-9,13,15-16,22H,10-12H2,1-4H3,(H,20,23)/t13?,15-,16+/m0/s1. The summed E-state index contributed by atoms with van der Waals surface area (Å²) in [5, 5.41) is 13.0. The third kappa shape index (κ3) is 5.62. The van der Waals surface area contributed by atoms with Gasteiger partial charge in [0.15, 0.2) is 0 Å². The van der Waals surface area contributed by atoms with Gasteiger partial charge >= 0.3 is 12.2 Å². The molecular weight excluding hydrogens is 336 g/mol. The molecule has 0 bridgehead atoms. The number of amides is 2. The molecule has 2 rings (SSSR count). The summed E-state index contributed by atoms with van der Waals surface area (Å²) in [6, 6.07) is 8.30. The van der Waals surface area contributed by atoms with E-state index in [-0.39, 0.29) is 6.61 Å². The topological polar surface area (TPSA) is 88.1 Å². The monoisotopic (exact) mass is 364 g/mol. The lowest BCUT2D eigenvalue weighted by molar-refractivity contribution is 0.0105. The molecule has 7 nitrogen and oxygen atoms in total. The zero-order valence-electron chi connectivity index (χ0n) is 15.8. The lowest BCUT2D eigenvalue weighted by Crippen LogP contribution is -2.54. The van der Waals surface area contributed by atoms with Crippen LogP contribution in [0.15, 0.2) is 30.3 Å². The second kappa shape index (κ2) is 8.40. The Bertz CT molecular complexity index is 614. The molecule has 26 heavy (non-hydrogen) atoms. The minimum Gasteiger partial charge on any atom is -0.445 e. The van der Waals surface area contributed by atoms with Gasteiger partial charge in [-0.1, -0.05) is 30.3 Å². The van der Waals surface area contributed by atoms with Crippen LogP contribution < -0.4 is 5.32 Å². The molecule has 3 atom stereocenters. The summed E-state index contributed by atoms with van der Waals surface area (Å²) in [4.78, 5) is 25.9. The summed E-state index contributed by atoms with van der Waals surface area (Å²) >= 11 is 0. The van der Waals surface area contributed by atoms with Gasteiger partial charge in [-0.15, -0.1) is 0 Å². The molecule has 0 saturated carbocycles. The van der Waals surface area contributed by atoms with Gasteiger partial charge in [-0.2, -0.15) is 0 Å². The van der Waals surface area contributed by atoms with Crippen LogP contribution >= 0.6 is 0 Å². The van der Waals surface area contributed by atoms with Gasteiger partial charge in [-0.3, -0.25) is 0 Å². The number of likely N-dealkylation sites (tertiary alicyclic amines) is 1. The number of hydrogen-bond acceptors (Lipinski definition) is 5. The second-order valence-electron chi connectivity index (χ2n) is 7.52. The van der Waals surface area contributed by atoms with Crippen molar-refractivity contribution in [1.29, 1.82) is 0 Å². The van der Waals surface area contributed by atoms with Gasteiger partial charge in [0.2, 0.25) is 0 Å². The van der Waals surface area contributed by atoms with Crippen molar-refractivity contribution >= 4 is 12.2 Å². The van der Waals surface area contributed by atoms with Gasteiger partial charge in [0, 0.05) is 6.54 Å². The van der Waals surface area contributed by atoms with E-state index in [1.807, 2.05) is 30.3 Å². The number of nitrogens with one attached hydrogen (secondary N) is 1. The highest BCUT2D eigenvalue weighted by molar-refractivity contribution is 5.70. The molecule has 2 amide bonds. The molecule has 1 unspecified atom stereocenters. The zero-order valence-corrected chi connectivity index (χ0v) is 15.8. The van der Waals surface area contributed by atoms with Gasteiger partial charge in [-0.05, 0) is 39.7 Å². The molecular formula is C19H28N2O5. The first-order valence-electron chi connectivity index (χ1n) is 8.82. The van der Waals surface area contributed by atoms with Crippen LogP contribution in [-0.4, -0.2) is 52.5 Å². The van der Waals surface area contributed by atoms with Crippen molar-refractivity contribution < 1.29 is 24.2 Å². The fourth-order valence-electron chi connectivity index (χ4n) is 2.97. The first kappa shape index (κ1) is 20.0. The van der Waals surface area contributed by atoms with E-state index in [1.165, 1.54) is 4.90 Å². The Morgan fingerprint density at radius 1 is 1.31 bits per heavy atom. The zero-order chi connectivity index (χ0) is 19.3. The third-order valence-corrected chi connectivity index (χ3v) is 4.12. The summed E-state index contributed by atoms with van der Waals surface area (Å²) in [6.07, 6.45) is -1.38. The predicted molar refractivity (Wildman–Crippen MR) is 96.6 cm³/mol. The van der Waals surface area contributed by atoms with Gasteiger partial charge in [0.05, 0.1) is 18.2 Å². The molecule has 0 radical (unpaired) electrons. The number of ether oxygens (including phenoxy) is 2. The number of nitrogens with zero attached hydrogens (tertiary/aromatic N) is 1. The maximum atomic E-state index is 12.4. The van der Waals surface area contributed by atoms with Crippen LogP contribution in [0.1, 0.15) is 39.7 Å². The SMILES string of the molecule is CC(NC(=O)OCc1ccccc1)[C@@H]1[C@@H](O)CCN1C(=O)OC(C)(C)C. The molecule has 1 saturated heterocycles. The molecule has 0 aliphatic carbocycles. The van der Waals surface area contributed by atoms with Gasteiger partial charge in [0.1, 0.15) is 12.2 Å². The maximum absolute atomic E-state index is 12.4. The normalized spacial score (nSPS) is 21.2. The Balaban J connectivity index is 1.91. The molecule has 1 aromatic carbocycles. The summed E-state index contributed by atoms with van der Waals surface area (Å²) in [5.41, 5.74) is 0.257. The number of aliphatic hydroxyl groups is 1. The fourth-order valence-corrected chi connectivity index (χ4v) is 2.97. The van der Waals surface area contributed by atoms with E-state index in [2.05, 4.69) is 5.32 Å². The molecule has 1 heterocycles. The molecule has 0 aromatic heterocycles. The minimum absolute atomic E-state index is 0.155. The summed E-state index contributed by atoms with van der Waals surface area (Å²) in [7, 11) is 0. The van der Waals surface area contributed by atoms with E-state index in [1.54, 1.807) is 27.7 Å². The minimum atomic E-state index is -0.730. The van der Waals surface area contributed by atoms with Crippen molar-refractivity contribution in [2.75, 3.05) is 6.54 Å². The first-order chi connectivity index (χ1) is 12.2. The maximum Gasteiger partial charge on any atom is 0.410 e. The van der Waals surface area contributed by atoms with Crippen molar-refractivity contribution in [3.05, 3.63) is 35.9 Å². The van der Waals surface area contributed by atoms with E-state index in [0.717, 1.165) is 5.56 Å². The fraction of sp³-hybridized carbons (Fsp3) is 0.579. The quantitative estimate of drug-likeness (QED) is 0.858. The molecule has 1 aromatic rings. The largest absolute Gasteiger partial charge is 0.445 e. The Morgan fingerprint density at radius 2 is 1.96 bits per heavy atom. The number of carbonyl (C=O) groups excluding carboxylic acids is 2. The average molecular weight is 364 g/mol. The van der Waals surface area contributed by atoms with Crippen molar-refractivity contribution in [1.82, 2.24) is 10.2 Å². The van der Waals surface area contributed by atoms with Crippen LogP contribution in [0.2, 0.25) is 0 Å². The van der Waals surface area contributed by atoms with Gasteiger partial charge in [0.25, 0.3) is 0 Å². The highest BCUT2D eigenvalue weighted by atomic mass is 16.6. The highest BCUT2D eigenvalue weighted by Gasteiger charge is 2.41. The Labute approximate surface area is 154 Å². The second-order valence-corrected chi connectivity index (χ2v) is 7.52. The first-order valence-corrected chi connectivity index (χ1v) is 8.82. The van der Waals surface area contributed by atoms with Crippen LogP contribution in [0.3, 0.4) is 0 Å². The van der Waals surface area contributed by atoms with Crippen LogP contribution in [-0.2, 0) is 16.1 Å². The number of rotatable bonds is 4. The Kier molecular flexibility index (Phi) is 6.47. The number of carbonyl (C=O) groups is 2. The van der Waals surface area contributed by atoms with E-state index in [9.17, 15) is 14.7 Å². The third-order valence-electron chi connectivity index (χ3n) is 4.12. The van der Waals surface area contributed by atoms with Crippen LogP contribution in [0.25, 0.3) is 0 Å². The van der Waals surface area contributed by atoms with E-state index < -0.39 is 36.0 Å². The summed E-state index contributed by atoms with van der Waals surface area (Å²) < 4.78 is 10.6. The van der Waals surface area contributed by atoms with Crippen molar-refractivity contribution in [2.24, 2.45) is 0 Å². The van der Waals surface area contributed by atoms with E-state index >= 15 is 0 Å². The molecule has 0 spiro atoms. The lowest BCUT2D eigenvalue weighted by Gasteiger charge is -2.33. The molecule has 1 aliphatic rings. The predicted octanol–water partition coefficient (Wildman–Crippen LogP) is 2.67. The highest BCUT2D eigenvalue weighted by Crippen LogP contribution is 2.24. The molecule has 144 valence electrons. The molecule has 1 aliphatic heterocycles. The lowest BCUT2D eigenvalue weighted by atomic mass is 10.1. The summed E-state index contributed by atoms with van der Waals surface area (Å²) in [5.74, 6) is 0. The van der Waals surface area contributed by atoms with E-state index in [0.29, 0.717) is 13.0 Å². The average Bonchev–Trinajstić information content (AvgIpc) is 2.94. The smallest absolute Gasteiger partial charge is 0.410 e. The number of alkyl carbamates (subject to hydrolysis) is 1. The van der Waals surface area contributed by atoms with E-state index in [4.69, 9.17) is 9.47 Å². The molecule has 1 fully saturated rings. The van der Waals surface area contributed by atoms with Crippen LogP contribution in [0.4, 0.5) is 9.59 Å². The number of benzene rings is 1. The number of aliphatic hydroxyl groups excluding tert-OH is 1. The van der Waals surface area contributed by atoms with Crippen molar-refractivity contribution in [3.8, 4) is 0 Å². The molecule has 7 heteroatoms. The van der Waals surface area contributed by atoms with Crippen LogP contribution in [0, 0.1) is 0 Å². The molecule has 2 N–H and O–H groups in total.